The molecule has 0 saturated heterocycles. The number of hydrogen-bond acceptors (Lipinski definition) is 6. The highest BCUT2D eigenvalue weighted by Gasteiger charge is 2.29. The molecule has 3 N–H and O–H groups in total. The van der Waals surface area contributed by atoms with Crippen LogP contribution >= 0.6 is 11.8 Å². The van der Waals surface area contributed by atoms with Gasteiger partial charge < -0.3 is 11.1 Å². The van der Waals surface area contributed by atoms with E-state index in [4.69, 9.17) is 5.73 Å². The van der Waals surface area contributed by atoms with Gasteiger partial charge in [0.25, 0.3) is 0 Å². The number of amides is 1. The predicted molar refractivity (Wildman–Crippen MR) is 110 cm³/mol. The van der Waals surface area contributed by atoms with E-state index in [2.05, 4.69) is 10.4 Å². The largest absolute Gasteiger partial charge is 0.383 e. The third-order valence-corrected chi connectivity index (χ3v) is 6.77. The first-order chi connectivity index (χ1) is 13.7. The average Bonchev–Trinajstić information content (AvgIpc) is 3.00. The van der Waals surface area contributed by atoms with E-state index >= 15 is 0 Å². The summed E-state index contributed by atoms with van der Waals surface area (Å²) in [6.45, 7) is 1.57. The van der Waals surface area contributed by atoms with Gasteiger partial charge in [-0.1, -0.05) is 17.7 Å². The van der Waals surface area contributed by atoms with Crippen LogP contribution in [-0.2, 0) is 21.2 Å². The number of aryl methyl sites for hydroxylation is 1. The zero-order chi connectivity index (χ0) is 21.2. The highest BCUT2D eigenvalue weighted by atomic mass is 32.2. The number of aromatic nitrogens is 2. The van der Waals surface area contributed by atoms with E-state index in [1.165, 1.54) is 36.4 Å². The lowest BCUT2D eigenvalue weighted by Crippen LogP contribution is -2.21. The number of thioether (sulfide) groups is 1. The van der Waals surface area contributed by atoms with Crippen LogP contribution in [0.4, 0.5) is 15.9 Å². The molecule has 7 nitrogen and oxygen atoms in total. The van der Waals surface area contributed by atoms with Crippen LogP contribution in [0.1, 0.15) is 5.56 Å². The number of carbonyl (C=O) groups excluding carboxylic acids is 1. The Hall–Kier alpha value is -2.85. The molecule has 1 aromatic heterocycles. The number of hydrogen-bond donors (Lipinski definition) is 2. The van der Waals surface area contributed by atoms with E-state index in [1.54, 1.807) is 18.4 Å². The maximum atomic E-state index is 13.1. The molecule has 0 aliphatic heterocycles. The molecule has 0 aliphatic rings. The number of nitrogens with two attached hydrogens (primary N) is 1. The second-order valence-corrected chi connectivity index (χ2v) is 8.93. The first kappa shape index (κ1) is 20.9. The van der Waals surface area contributed by atoms with Gasteiger partial charge in [0.2, 0.25) is 15.7 Å². The van der Waals surface area contributed by atoms with Gasteiger partial charge in [0.15, 0.2) is 0 Å². The van der Waals surface area contributed by atoms with E-state index < -0.39 is 21.6 Å². The molecule has 3 aromatic rings. The van der Waals surface area contributed by atoms with Gasteiger partial charge in [0, 0.05) is 5.69 Å². The second-order valence-electron chi connectivity index (χ2n) is 6.25. The van der Waals surface area contributed by atoms with Gasteiger partial charge in [-0.15, -0.1) is 11.8 Å². The minimum atomic E-state index is -3.91. The van der Waals surface area contributed by atoms with Crippen LogP contribution in [0, 0.1) is 12.7 Å². The molecule has 10 heteroatoms. The summed E-state index contributed by atoms with van der Waals surface area (Å²) in [5.74, 6) is -1.02. The van der Waals surface area contributed by atoms with Crippen LogP contribution < -0.4 is 11.1 Å². The molecule has 3 rings (SSSR count). The lowest BCUT2D eigenvalue weighted by atomic mass is 10.2. The second kappa shape index (κ2) is 8.26. The van der Waals surface area contributed by atoms with Crippen molar-refractivity contribution in [2.45, 2.75) is 28.3 Å². The minimum absolute atomic E-state index is 0.0976. The first-order valence-corrected chi connectivity index (χ1v) is 11.2. The van der Waals surface area contributed by atoms with Crippen LogP contribution in [0.3, 0.4) is 0 Å². The number of sulfone groups is 1. The highest BCUT2D eigenvalue weighted by molar-refractivity contribution is 7.99. The summed E-state index contributed by atoms with van der Waals surface area (Å²) in [5.41, 5.74) is 7.40. The van der Waals surface area contributed by atoms with Crippen LogP contribution in [0.2, 0.25) is 0 Å². The van der Waals surface area contributed by atoms with Crippen molar-refractivity contribution in [3.63, 3.8) is 0 Å². The summed E-state index contributed by atoms with van der Waals surface area (Å²) < 4.78 is 40.3. The highest BCUT2D eigenvalue weighted by Crippen LogP contribution is 2.34. The summed E-state index contributed by atoms with van der Waals surface area (Å²) in [4.78, 5) is 12.3. The summed E-state index contributed by atoms with van der Waals surface area (Å²) in [6.07, 6.45) is 1.68. The molecule has 0 saturated carbocycles. The van der Waals surface area contributed by atoms with Gasteiger partial charge in [-0.3, -0.25) is 4.79 Å². The Balaban J connectivity index is 1.90. The predicted octanol–water partition coefficient (Wildman–Crippen LogP) is 3.11. The van der Waals surface area contributed by atoms with Gasteiger partial charge >= 0.3 is 0 Å². The quantitative estimate of drug-likeness (QED) is 0.578. The maximum absolute atomic E-state index is 13.1. The van der Waals surface area contributed by atoms with Crippen molar-refractivity contribution in [2.75, 3.05) is 17.3 Å². The number of halogens is 1. The van der Waals surface area contributed by atoms with Gasteiger partial charge in [-0.05, 0) is 49.6 Å². The molecule has 0 aliphatic carbocycles. The number of nitrogens with zero attached hydrogens (tertiary/aromatic N) is 2. The molecule has 0 atom stereocenters. The van der Waals surface area contributed by atoms with Crippen LogP contribution in [0.25, 0.3) is 0 Å². The molecule has 0 fully saturated rings. The van der Waals surface area contributed by atoms with Gasteiger partial charge in [-0.25, -0.2) is 17.5 Å². The Morgan fingerprint density at radius 3 is 2.38 bits per heavy atom. The number of carbonyl (C=O) groups is 1. The molecule has 29 heavy (non-hydrogen) atoms. The van der Waals surface area contributed by atoms with Gasteiger partial charge in [0.05, 0.1) is 4.90 Å². The van der Waals surface area contributed by atoms with Crippen molar-refractivity contribution < 1.29 is 17.6 Å². The Morgan fingerprint density at radius 2 is 1.79 bits per heavy atom. The number of benzene rings is 2. The van der Waals surface area contributed by atoms with Crippen molar-refractivity contribution in [1.82, 2.24) is 9.78 Å². The van der Waals surface area contributed by atoms with Crippen molar-refractivity contribution in [3.05, 3.63) is 59.9 Å². The minimum Gasteiger partial charge on any atom is -0.383 e. The third kappa shape index (κ3) is 4.43. The monoisotopic (exact) mass is 434 g/mol. The zero-order valence-corrected chi connectivity index (χ0v) is 17.3. The van der Waals surface area contributed by atoms with Crippen molar-refractivity contribution in [1.29, 1.82) is 0 Å². The molecule has 0 bridgehead atoms. The molecule has 152 valence electrons. The molecule has 0 unspecified atom stereocenters. The van der Waals surface area contributed by atoms with Gasteiger partial charge in [-0.2, -0.15) is 5.10 Å². The van der Waals surface area contributed by atoms with Crippen LogP contribution in [-0.4, -0.2) is 30.4 Å². The Labute approximate surface area is 172 Å². The maximum Gasteiger partial charge on any atom is 0.246 e. The molecular formula is C19H19FN4O3S2. The molecule has 1 amide bonds. The van der Waals surface area contributed by atoms with E-state index in [0.717, 1.165) is 22.0 Å². The van der Waals surface area contributed by atoms with Crippen LogP contribution in [0.15, 0.2) is 63.3 Å². The van der Waals surface area contributed by atoms with E-state index in [0.29, 0.717) is 5.69 Å². The summed E-state index contributed by atoms with van der Waals surface area (Å²) >= 11 is 1.12. The first-order valence-electron chi connectivity index (χ1n) is 8.50. The van der Waals surface area contributed by atoms with E-state index in [-0.39, 0.29) is 27.2 Å². The Morgan fingerprint density at radius 1 is 1.17 bits per heavy atom. The molecular weight excluding hydrogens is 415 g/mol. The summed E-state index contributed by atoms with van der Waals surface area (Å²) in [6, 6.07) is 11.7. The zero-order valence-electron chi connectivity index (χ0n) is 15.7. The van der Waals surface area contributed by atoms with Crippen LogP contribution in [0.5, 0.6) is 0 Å². The lowest BCUT2D eigenvalue weighted by Gasteiger charge is -2.08. The number of nitrogen functional groups attached to an aromatic ring is 1. The molecule has 0 radical (unpaired) electrons. The topological polar surface area (TPSA) is 107 Å². The number of anilines is 2. The van der Waals surface area contributed by atoms with E-state index in [9.17, 15) is 17.6 Å². The molecule has 2 aromatic carbocycles. The number of rotatable bonds is 6. The van der Waals surface area contributed by atoms with Gasteiger partial charge in [0.1, 0.15) is 28.1 Å². The Kier molecular flexibility index (Phi) is 5.94. The fraction of sp³-hybridized carbons (Fsp3) is 0.158. The Bertz CT molecular complexity index is 1140. The smallest absolute Gasteiger partial charge is 0.246 e. The van der Waals surface area contributed by atoms with E-state index in [1.807, 2.05) is 6.92 Å². The summed E-state index contributed by atoms with van der Waals surface area (Å²) in [5, 5.41) is 6.98. The van der Waals surface area contributed by atoms with Crippen molar-refractivity contribution >= 4 is 39.0 Å². The normalized spacial score (nSPS) is 11.4. The SMILES string of the molecule is CSc1nn(CC(=O)Nc2ccc(F)cc2)c(N)c1S(=O)(=O)c1ccc(C)cc1. The molecule has 0 spiro atoms. The lowest BCUT2D eigenvalue weighted by molar-refractivity contribution is -0.116. The fourth-order valence-corrected chi connectivity index (χ4v) is 5.08. The molecule has 1 heterocycles. The van der Waals surface area contributed by atoms with Crippen molar-refractivity contribution in [3.8, 4) is 0 Å². The fourth-order valence-electron chi connectivity index (χ4n) is 2.65. The van der Waals surface area contributed by atoms with Crippen molar-refractivity contribution in [2.24, 2.45) is 0 Å². The summed E-state index contributed by atoms with van der Waals surface area (Å²) in [7, 11) is -3.91. The average molecular weight is 435 g/mol. The number of nitrogens with one attached hydrogen (secondary N) is 1. The standard InChI is InChI=1S/C19H19FN4O3S2/c1-12-3-9-15(10-4-12)29(26,27)17-18(21)24(23-19(17)28-2)11-16(25)22-14-7-5-13(20)6-8-14/h3-10H,11,21H2,1-2H3,(H,22,25). The third-order valence-electron chi connectivity index (χ3n) is 4.13.